The average Bonchev–Trinajstić information content (AvgIpc) is 2.75. The van der Waals surface area contributed by atoms with Gasteiger partial charge in [-0.15, -0.1) is 0 Å². The molecular weight excluding hydrogens is 350 g/mol. The number of allylic oxidation sites excluding steroid dienone is 7. The summed E-state index contributed by atoms with van der Waals surface area (Å²) in [7, 11) is 0. The van der Waals surface area contributed by atoms with Crippen molar-refractivity contribution in [2.45, 2.75) is 38.5 Å². The third-order valence-corrected chi connectivity index (χ3v) is 6.08. The van der Waals surface area contributed by atoms with Crippen LogP contribution >= 0.6 is 0 Å². The molecule has 1 unspecified atom stereocenters. The average molecular weight is 382 g/mol. The molecular formula is C28H31N. The van der Waals surface area contributed by atoms with E-state index in [0.29, 0.717) is 5.92 Å². The quantitative estimate of drug-likeness (QED) is 0.519. The molecule has 1 fully saturated rings. The van der Waals surface area contributed by atoms with E-state index >= 15 is 0 Å². The Bertz CT molecular complexity index is 896. The summed E-state index contributed by atoms with van der Waals surface area (Å²) < 4.78 is 0. The van der Waals surface area contributed by atoms with Crippen LogP contribution in [0, 0.1) is 11.8 Å². The highest BCUT2D eigenvalue weighted by Crippen LogP contribution is 2.44. The van der Waals surface area contributed by atoms with Crippen LogP contribution in [0.15, 0.2) is 108 Å². The molecule has 2 aromatic rings. The highest BCUT2D eigenvalue weighted by Gasteiger charge is 2.30. The van der Waals surface area contributed by atoms with Crippen LogP contribution in [0.4, 0.5) is 5.69 Å². The minimum absolute atomic E-state index is 0.591. The monoisotopic (exact) mass is 381 g/mol. The summed E-state index contributed by atoms with van der Waals surface area (Å²) in [5.74, 6) is 2.22. The van der Waals surface area contributed by atoms with Crippen molar-refractivity contribution >= 4 is 5.69 Å². The van der Waals surface area contributed by atoms with Gasteiger partial charge in [0.15, 0.2) is 0 Å². The Morgan fingerprint density at radius 3 is 2.41 bits per heavy atom. The molecule has 2 aliphatic rings. The number of nitrogens with one attached hydrogen (secondary N) is 1. The third-order valence-electron chi connectivity index (χ3n) is 6.08. The van der Waals surface area contributed by atoms with Crippen molar-refractivity contribution in [3.05, 3.63) is 114 Å². The van der Waals surface area contributed by atoms with E-state index in [1.807, 2.05) is 0 Å². The molecule has 1 atom stereocenters. The van der Waals surface area contributed by atoms with Gasteiger partial charge in [0.1, 0.15) is 0 Å². The second-order valence-corrected chi connectivity index (χ2v) is 8.44. The third kappa shape index (κ3) is 5.38. The number of benzene rings is 2. The standard InChI is InChI=1S/C28H31N/c1-22(19-23-20-26(21-23)24-11-5-2-6-12-24)17-18-28(25-13-7-3-8-14-25)29-27-15-9-4-10-16-27/h2-13,15-18,22-23,26,29H,14,19-21H2,1H3/b18-17-,28-25+. The number of anilines is 1. The van der Waals surface area contributed by atoms with Gasteiger partial charge in [-0.3, -0.25) is 0 Å². The lowest BCUT2D eigenvalue weighted by atomic mass is 9.68. The molecule has 0 amide bonds. The minimum atomic E-state index is 0.591. The fourth-order valence-electron chi connectivity index (χ4n) is 4.41. The van der Waals surface area contributed by atoms with Gasteiger partial charge in [0, 0.05) is 11.4 Å². The molecule has 0 radical (unpaired) electrons. The first-order valence-electron chi connectivity index (χ1n) is 10.9. The number of para-hydroxylation sites is 1. The maximum absolute atomic E-state index is 3.62. The smallest absolute Gasteiger partial charge is 0.0416 e. The number of hydrogen-bond donors (Lipinski definition) is 1. The molecule has 0 saturated heterocycles. The van der Waals surface area contributed by atoms with Crippen LogP contribution in [0.25, 0.3) is 0 Å². The van der Waals surface area contributed by atoms with E-state index in [9.17, 15) is 0 Å². The summed E-state index contributed by atoms with van der Waals surface area (Å²) in [6.07, 6.45) is 18.3. The van der Waals surface area contributed by atoms with Gasteiger partial charge in [-0.2, -0.15) is 0 Å². The summed E-state index contributed by atoms with van der Waals surface area (Å²) in [5, 5.41) is 3.62. The Kier molecular flexibility index (Phi) is 6.46. The van der Waals surface area contributed by atoms with E-state index in [-0.39, 0.29) is 0 Å². The molecule has 1 nitrogen and oxygen atoms in total. The van der Waals surface area contributed by atoms with Crippen molar-refractivity contribution in [1.29, 1.82) is 0 Å². The minimum Gasteiger partial charge on any atom is -0.355 e. The van der Waals surface area contributed by atoms with E-state index in [1.165, 1.54) is 36.1 Å². The largest absolute Gasteiger partial charge is 0.355 e. The molecule has 1 saturated carbocycles. The fraction of sp³-hybridized carbons (Fsp3) is 0.286. The number of rotatable bonds is 7. The Hall–Kier alpha value is -2.80. The van der Waals surface area contributed by atoms with E-state index in [0.717, 1.165) is 23.9 Å². The fourth-order valence-corrected chi connectivity index (χ4v) is 4.41. The molecule has 0 aromatic heterocycles. The Morgan fingerprint density at radius 2 is 1.72 bits per heavy atom. The predicted octanol–water partition coefficient (Wildman–Crippen LogP) is 7.64. The van der Waals surface area contributed by atoms with Crippen LogP contribution in [0.1, 0.15) is 44.1 Å². The van der Waals surface area contributed by atoms with Gasteiger partial charge < -0.3 is 5.32 Å². The van der Waals surface area contributed by atoms with Gasteiger partial charge in [0.2, 0.25) is 0 Å². The van der Waals surface area contributed by atoms with Gasteiger partial charge in [-0.25, -0.2) is 0 Å². The van der Waals surface area contributed by atoms with E-state index in [2.05, 4.69) is 109 Å². The number of hydrogen-bond acceptors (Lipinski definition) is 1. The van der Waals surface area contributed by atoms with Crippen molar-refractivity contribution in [3.8, 4) is 0 Å². The summed E-state index contributed by atoms with van der Waals surface area (Å²) >= 11 is 0. The highest BCUT2D eigenvalue weighted by molar-refractivity contribution is 5.54. The zero-order valence-corrected chi connectivity index (χ0v) is 17.3. The summed E-state index contributed by atoms with van der Waals surface area (Å²) in [4.78, 5) is 0. The van der Waals surface area contributed by atoms with Gasteiger partial charge in [0.25, 0.3) is 0 Å². The molecule has 0 aliphatic heterocycles. The van der Waals surface area contributed by atoms with Crippen LogP contribution in [0.2, 0.25) is 0 Å². The molecule has 2 aliphatic carbocycles. The Morgan fingerprint density at radius 1 is 1.00 bits per heavy atom. The predicted molar refractivity (Wildman–Crippen MR) is 125 cm³/mol. The second-order valence-electron chi connectivity index (χ2n) is 8.44. The molecule has 4 rings (SSSR count). The molecule has 0 spiro atoms. The first-order valence-corrected chi connectivity index (χ1v) is 10.9. The lowest BCUT2D eigenvalue weighted by molar-refractivity contribution is 0.230. The van der Waals surface area contributed by atoms with Gasteiger partial charge in [-0.05, 0) is 72.8 Å². The summed E-state index contributed by atoms with van der Waals surface area (Å²) in [6, 6.07) is 21.5. The van der Waals surface area contributed by atoms with Crippen LogP contribution in [0.3, 0.4) is 0 Å². The van der Waals surface area contributed by atoms with Crippen LogP contribution < -0.4 is 5.32 Å². The highest BCUT2D eigenvalue weighted by atomic mass is 14.9. The normalized spacial score (nSPS) is 23.6. The molecule has 1 heteroatoms. The summed E-state index contributed by atoms with van der Waals surface area (Å²) in [5.41, 5.74) is 5.20. The van der Waals surface area contributed by atoms with Gasteiger partial charge in [0.05, 0.1) is 0 Å². The Balaban J connectivity index is 1.36. The van der Waals surface area contributed by atoms with E-state index in [1.54, 1.807) is 0 Å². The molecule has 1 N–H and O–H groups in total. The van der Waals surface area contributed by atoms with Crippen LogP contribution in [-0.2, 0) is 0 Å². The SMILES string of the molecule is CC(/C=C\C(Nc1ccccc1)=C1\C=CC=CC1)CC1CC(c2ccccc2)C1. The molecule has 148 valence electrons. The van der Waals surface area contributed by atoms with Gasteiger partial charge >= 0.3 is 0 Å². The zero-order chi connectivity index (χ0) is 19.9. The Labute approximate surface area is 175 Å². The van der Waals surface area contributed by atoms with Crippen molar-refractivity contribution < 1.29 is 0 Å². The maximum Gasteiger partial charge on any atom is 0.0416 e. The molecule has 0 bridgehead atoms. The van der Waals surface area contributed by atoms with Crippen LogP contribution in [0.5, 0.6) is 0 Å². The first kappa shape index (κ1) is 19.5. The lowest BCUT2D eigenvalue weighted by Crippen LogP contribution is -2.23. The first-order chi connectivity index (χ1) is 14.3. The molecule has 29 heavy (non-hydrogen) atoms. The van der Waals surface area contributed by atoms with E-state index in [4.69, 9.17) is 0 Å². The van der Waals surface area contributed by atoms with Crippen molar-refractivity contribution in [2.75, 3.05) is 5.32 Å². The second kappa shape index (κ2) is 9.60. The topological polar surface area (TPSA) is 12.0 Å². The lowest BCUT2D eigenvalue weighted by Gasteiger charge is -2.37. The van der Waals surface area contributed by atoms with Crippen LogP contribution in [-0.4, -0.2) is 0 Å². The van der Waals surface area contributed by atoms with Gasteiger partial charge in [-0.1, -0.05) is 85.8 Å². The summed E-state index contributed by atoms with van der Waals surface area (Å²) in [6.45, 7) is 2.35. The van der Waals surface area contributed by atoms with Crippen molar-refractivity contribution in [3.63, 3.8) is 0 Å². The maximum atomic E-state index is 3.62. The molecule has 2 aromatic carbocycles. The molecule has 0 heterocycles. The van der Waals surface area contributed by atoms with Crippen molar-refractivity contribution in [1.82, 2.24) is 0 Å². The van der Waals surface area contributed by atoms with E-state index < -0.39 is 0 Å². The van der Waals surface area contributed by atoms with Crippen molar-refractivity contribution in [2.24, 2.45) is 11.8 Å². The zero-order valence-electron chi connectivity index (χ0n) is 17.3.